The standard InChI is InChI=1S/C12H16N2O3S/c1-8(2)10-5-17-12(16)14(10)11(15)4-3-9-6-18-7-13-9/h6-8,10H,3-5H2,1-2H3. The predicted octanol–water partition coefficient (Wildman–Crippen LogP) is 2.08. The van der Waals surface area contributed by atoms with Gasteiger partial charge < -0.3 is 4.74 Å². The van der Waals surface area contributed by atoms with Crippen LogP contribution in [0.5, 0.6) is 0 Å². The minimum absolute atomic E-state index is 0.138. The lowest BCUT2D eigenvalue weighted by Crippen LogP contribution is -2.41. The Labute approximate surface area is 110 Å². The summed E-state index contributed by atoms with van der Waals surface area (Å²) in [5.41, 5.74) is 2.63. The van der Waals surface area contributed by atoms with Crippen LogP contribution in [-0.2, 0) is 16.0 Å². The predicted molar refractivity (Wildman–Crippen MR) is 67.3 cm³/mol. The van der Waals surface area contributed by atoms with Crippen LogP contribution in [-0.4, -0.2) is 34.5 Å². The molecule has 2 amide bonds. The average Bonchev–Trinajstić information content (AvgIpc) is 2.94. The Morgan fingerprint density at radius 1 is 1.67 bits per heavy atom. The van der Waals surface area contributed by atoms with Crippen LogP contribution >= 0.6 is 11.3 Å². The molecule has 5 nitrogen and oxygen atoms in total. The highest BCUT2D eigenvalue weighted by molar-refractivity contribution is 7.07. The van der Waals surface area contributed by atoms with Crippen molar-refractivity contribution in [3.05, 3.63) is 16.6 Å². The molecule has 0 aliphatic carbocycles. The molecule has 6 heteroatoms. The molecule has 0 bridgehead atoms. The van der Waals surface area contributed by atoms with Gasteiger partial charge in [-0.15, -0.1) is 11.3 Å². The second-order valence-corrected chi connectivity index (χ2v) is 5.35. The number of carbonyl (C=O) groups excluding carboxylic acids is 2. The van der Waals surface area contributed by atoms with Crippen molar-refractivity contribution < 1.29 is 14.3 Å². The van der Waals surface area contributed by atoms with Crippen molar-refractivity contribution in [1.82, 2.24) is 9.88 Å². The van der Waals surface area contributed by atoms with E-state index in [0.29, 0.717) is 19.4 Å². The number of ether oxygens (including phenoxy) is 1. The molecule has 0 N–H and O–H groups in total. The van der Waals surface area contributed by atoms with Gasteiger partial charge in [-0.1, -0.05) is 13.8 Å². The molecule has 0 spiro atoms. The van der Waals surface area contributed by atoms with E-state index in [-0.39, 0.29) is 17.9 Å². The first-order valence-corrected chi connectivity index (χ1v) is 6.89. The van der Waals surface area contributed by atoms with Gasteiger partial charge in [-0.05, 0) is 12.3 Å². The molecule has 0 saturated carbocycles. The van der Waals surface area contributed by atoms with Crippen LogP contribution < -0.4 is 0 Å². The summed E-state index contributed by atoms with van der Waals surface area (Å²) < 4.78 is 4.95. The fraction of sp³-hybridized carbons (Fsp3) is 0.583. The Kier molecular flexibility index (Phi) is 3.96. The van der Waals surface area contributed by atoms with Crippen molar-refractivity contribution in [3.8, 4) is 0 Å². The molecule has 1 fully saturated rings. The number of nitrogens with zero attached hydrogens (tertiary/aromatic N) is 2. The summed E-state index contributed by atoms with van der Waals surface area (Å²) in [5, 5.41) is 1.91. The summed E-state index contributed by atoms with van der Waals surface area (Å²) in [4.78, 5) is 29.0. The Bertz CT molecular complexity index is 431. The quantitative estimate of drug-likeness (QED) is 0.839. The normalized spacial score (nSPS) is 19.4. The highest BCUT2D eigenvalue weighted by Crippen LogP contribution is 2.21. The maximum atomic E-state index is 12.1. The molecule has 1 unspecified atom stereocenters. The molecular formula is C12H16N2O3S. The highest BCUT2D eigenvalue weighted by atomic mass is 32.1. The molecule has 0 radical (unpaired) electrons. The van der Waals surface area contributed by atoms with Crippen LogP contribution in [0.4, 0.5) is 4.79 Å². The molecule has 1 atom stereocenters. The summed E-state index contributed by atoms with van der Waals surface area (Å²) >= 11 is 1.50. The lowest BCUT2D eigenvalue weighted by molar-refractivity contribution is -0.129. The Hall–Kier alpha value is -1.43. The molecule has 1 saturated heterocycles. The second-order valence-electron chi connectivity index (χ2n) is 4.63. The van der Waals surface area contributed by atoms with Gasteiger partial charge in [0.2, 0.25) is 5.91 Å². The Morgan fingerprint density at radius 3 is 3.06 bits per heavy atom. The SMILES string of the molecule is CC(C)C1COC(=O)N1C(=O)CCc1cscn1. The third kappa shape index (κ3) is 2.69. The van der Waals surface area contributed by atoms with Gasteiger partial charge in [0, 0.05) is 11.8 Å². The summed E-state index contributed by atoms with van der Waals surface area (Å²) in [7, 11) is 0. The zero-order valence-electron chi connectivity index (χ0n) is 10.5. The zero-order valence-corrected chi connectivity index (χ0v) is 11.3. The lowest BCUT2D eigenvalue weighted by Gasteiger charge is -2.22. The molecule has 2 heterocycles. The maximum Gasteiger partial charge on any atom is 0.416 e. The molecule has 98 valence electrons. The van der Waals surface area contributed by atoms with E-state index in [4.69, 9.17) is 4.74 Å². The van der Waals surface area contributed by atoms with E-state index >= 15 is 0 Å². The van der Waals surface area contributed by atoms with Gasteiger partial charge >= 0.3 is 6.09 Å². The highest BCUT2D eigenvalue weighted by Gasteiger charge is 2.39. The van der Waals surface area contributed by atoms with Gasteiger partial charge in [0.15, 0.2) is 0 Å². The number of amides is 2. The van der Waals surface area contributed by atoms with Gasteiger partial charge in [-0.3, -0.25) is 4.79 Å². The number of aromatic nitrogens is 1. The first kappa shape index (κ1) is 13.0. The zero-order chi connectivity index (χ0) is 13.1. The molecule has 1 aliphatic heterocycles. The number of cyclic esters (lactones) is 1. The molecule has 18 heavy (non-hydrogen) atoms. The van der Waals surface area contributed by atoms with Gasteiger partial charge in [0.1, 0.15) is 6.61 Å². The topological polar surface area (TPSA) is 59.5 Å². The Balaban J connectivity index is 1.96. The summed E-state index contributed by atoms with van der Waals surface area (Å²) in [6.07, 6.45) is 0.343. The third-order valence-electron chi connectivity index (χ3n) is 3.02. The maximum absolute atomic E-state index is 12.1. The number of imide groups is 1. The summed E-state index contributed by atoms with van der Waals surface area (Å²) in [5.74, 6) is 0.0314. The first-order chi connectivity index (χ1) is 8.59. The molecule has 0 aromatic carbocycles. The summed E-state index contributed by atoms with van der Waals surface area (Å²) in [6, 6.07) is -0.138. The smallest absolute Gasteiger partial charge is 0.416 e. The van der Waals surface area contributed by atoms with Gasteiger partial charge in [0.25, 0.3) is 0 Å². The minimum Gasteiger partial charge on any atom is -0.447 e. The fourth-order valence-electron chi connectivity index (χ4n) is 1.93. The number of hydrogen-bond donors (Lipinski definition) is 0. The van der Waals surface area contributed by atoms with Crippen LogP contribution in [0.3, 0.4) is 0 Å². The van der Waals surface area contributed by atoms with E-state index in [0.717, 1.165) is 5.69 Å². The van der Waals surface area contributed by atoms with Crippen LogP contribution in [0.2, 0.25) is 0 Å². The average molecular weight is 268 g/mol. The largest absolute Gasteiger partial charge is 0.447 e. The van der Waals surface area contributed by atoms with Crippen molar-refractivity contribution in [1.29, 1.82) is 0 Å². The summed E-state index contributed by atoms with van der Waals surface area (Å²) in [6.45, 7) is 4.26. The van der Waals surface area contributed by atoms with Gasteiger partial charge in [0.05, 0.1) is 17.2 Å². The van der Waals surface area contributed by atoms with Crippen molar-refractivity contribution in [2.45, 2.75) is 32.7 Å². The van der Waals surface area contributed by atoms with Crippen molar-refractivity contribution in [2.75, 3.05) is 6.61 Å². The monoisotopic (exact) mass is 268 g/mol. The number of rotatable bonds is 4. The third-order valence-corrected chi connectivity index (χ3v) is 3.66. The fourth-order valence-corrected chi connectivity index (χ4v) is 2.52. The Morgan fingerprint density at radius 2 is 2.44 bits per heavy atom. The first-order valence-electron chi connectivity index (χ1n) is 5.95. The van der Waals surface area contributed by atoms with Crippen LogP contribution in [0.1, 0.15) is 26.0 Å². The van der Waals surface area contributed by atoms with Crippen LogP contribution in [0, 0.1) is 5.92 Å². The molecular weight excluding hydrogens is 252 g/mol. The minimum atomic E-state index is -0.517. The lowest BCUT2D eigenvalue weighted by atomic mass is 10.0. The van der Waals surface area contributed by atoms with E-state index in [2.05, 4.69) is 4.98 Å². The number of hydrogen-bond acceptors (Lipinski definition) is 5. The van der Waals surface area contributed by atoms with Gasteiger partial charge in [-0.25, -0.2) is 14.7 Å². The second kappa shape index (κ2) is 5.48. The van der Waals surface area contributed by atoms with Crippen LogP contribution in [0.25, 0.3) is 0 Å². The van der Waals surface area contributed by atoms with E-state index in [1.165, 1.54) is 16.2 Å². The number of aryl methyl sites for hydroxylation is 1. The number of carbonyl (C=O) groups is 2. The van der Waals surface area contributed by atoms with E-state index in [1.54, 1.807) is 5.51 Å². The molecule has 2 rings (SSSR count). The number of thiazole rings is 1. The van der Waals surface area contributed by atoms with Crippen molar-refractivity contribution >= 4 is 23.3 Å². The molecule has 1 aromatic heterocycles. The molecule has 1 aliphatic rings. The van der Waals surface area contributed by atoms with Gasteiger partial charge in [-0.2, -0.15) is 0 Å². The van der Waals surface area contributed by atoms with Crippen LogP contribution in [0.15, 0.2) is 10.9 Å². The molecule has 1 aromatic rings. The van der Waals surface area contributed by atoms with E-state index in [1.807, 2.05) is 19.2 Å². The van der Waals surface area contributed by atoms with Crippen molar-refractivity contribution in [3.63, 3.8) is 0 Å². The van der Waals surface area contributed by atoms with E-state index < -0.39 is 6.09 Å². The van der Waals surface area contributed by atoms with Crippen molar-refractivity contribution in [2.24, 2.45) is 5.92 Å². The van der Waals surface area contributed by atoms with E-state index in [9.17, 15) is 9.59 Å².